The molecular formula is C39H36FGeN. The Morgan fingerprint density at radius 3 is 1.45 bits per heavy atom. The molecule has 3 heteroatoms. The van der Waals surface area contributed by atoms with Crippen molar-refractivity contribution >= 4 is 22.1 Å². The Morgan fingerprint density at radius 1 is 0.619 bits per heavy atom. The topological polar surface area (TPSA) is 23.8 Å². The monoisotopic (exact) mass is 611 g/mol. The molecule has 0 spiro atoms. The summed E-state index contributed by atoms with van der Waals surface area (Å²) in [7, 11) is 0. The van der Waals surface area contributed by atoms with Gasteiger partial charge in [0.2, 0.25) is 0 Å². The quantitative estimate of drug-likeness (QED) is 0.183. The van der Waals surface area contributed by atoms with Gasteiger partial charge in [-0.2, -0.15) is 0 Å². The second-order valence-electron chi connectivity index (χ2n) is 12.1. The van der Waals surface area contributed by atoms with Crippen LogP contribution in [0.5, 0.6) is 0 Å². The summed E-state index contributed by atoms with van der Waals surface area (Å²) >= 11 is -4.19. The van der Waals surface area contributed by atoms with Crippen LogP contribution in [0.3, 0.4) is 0 Å². The number of aryl methyl sites for hydroxylation is 6. The van der Waals surface area contributed by atoms with E-state index in [0.29, 0.717) is 5.56 Å². The van der Waals surface area contributed by atoms with Gasteiger partial charge in [-0.05, 0) is 0 Å². The molecule has 0 aromatic heterocycles. The third-order valence-corrected chi connectivity index (χ3v) is 22.1. The second kappa shape index (κ2) is 10.7. The minimum atomic E-state index is -4.19. The van der Waals surface area contributed by atoms with E-state index in [2.05, 4.69) is 120 Å². The van der Waals surface area contributed by atoms with Gasteiger partial charge in [-0.3, -0.25) is 0 Å². The van der Waals surface area contributed by atoms with Crippen LogP contribution in [-0.4, -0.2) is 13.3 Å². The number of hydrogen-bond acceptors (Lipinski definition) is 1. The fourth-order valence-corrected chi connectivity index (χ4v) is 23.1. The van der Waals surface area contributed by atoms with Gasteiger partial charge in [-0.1, -0.05) is 0 Å². The molecule has 0 fully saturated rings. The van der Waals surface area contributed by atoms with Crippen molar-refractivity contribution in [3.05, 3.63) is 153 Å². The first-order chi connectivity index (χ1) is 20.2. The SMILES string of the molecule is Cc1cc(C)[c]([Ge]([c]2c(C)cc(C)cc2C)([CH](C#N)c2ccccc2F)[CH]2c3ccccc3-c3ccccc32)c(C)c1. The number of fused-ring (bicyclic) bond motifs is 3. The van der Waals surface area contributed by atoms with E-state index in [4.69, 9.17) is 0 Å². The van der Waals surface area contributed by atoms with Crippen molar-refractivity contribution in [1.29, 1.82) is 5.26 Å². The van der Waals surface area contributed by atoms with Crippen molar-refractivity contribution in [2.24, 2.45) is 0 Å². The summed E-state index contributed by atoms with van der Waals surface area (Å²) in [5, 5.41) is 11.4. The first-order valence-corrected chi connectivity index (χ1v) is 19.2. The molecule has 208 valence electrons. The van der Waals surface area contributed by atoms with E-state index in [0.717, 1.165) is 0 Å². The van der Waals surface area contributed by atoms with Crippen LogP contribution in [0.2, 0.25) is 0 Å². The van der Waals surface area contributed by atoms with Crippen molar-refractivity contribution < 1.29 is 4.39 Å². The zero-order valence-corrected chi connectivity index (χ0v) is 27.3. The Morgan fingerprint density at radius 2 is 1.02 bits per heavy atom. The molecular weight excluding hydrogens is 574 g/mol. The first kappa shape index (κ1) is 28.2. The van der Waals surface area contributed by atoms with Crippen molar-refractivity contribution in [3.63, 3.8) is 0 Å². The molecule has 1 aliphatic carbocycles. The number of benzene rings is 5. The number of nitriles is 1. The molecule has 0 aliphatic heterocycles. The van der Waals surface area contributed by atoms with Crippen molar-refractivity contribution in [2.75, 3.05) is 0 Å². The second-order valence-corrected chi connectivity index (χ2v) is 20.3. The van der Waals surface area contributed by atoms with Gasteiger partial charge in [0, 0.05) is 0 Å². The molecule has 0 N–H and O–H groups in total. The van der Waals surface area contributed by atoms with E-state index < -0.39 is 18.0 Å². The molecule has 0 saturated heterocycles. The van der Waals surface area contributed by atoms with Gasteiger partial charge >= 0.3 is 253 Å². The standard InChI is InChI=1S/C39H36FGeN/c1-24-19-26(3)37(27(4)20-24)41(38-28(5)21-25(2)22-29(38)6,36(23-42)34-17-11-12-18-35(34)40)39-32-15-9-7-13-30(32)31-14-8-10-16-33(31)39/h7-22,36,39H,1-6H3. The Bertz CT molecular complexity index is 1750. The average molecular weight is 610 g/mol. The van der Waals surface area contributed by atoms with Gasteiger partial charge in [0.05, 0.1) is 0 Å². The molecule has 1 nitrogen and oxygen atoms in total. The van der Waals surface area contributed by atoms with E-state index in [1.165, 1.54) is 70.5 Å². The fourth-order valence-electron chi connectivity index (χ4n) is 8.31. The molecule has 42 heavy (non-hydrogen) atoms. The summed E-state index contributed by atoms with van der Waals surface area (Å²) in [5.41, 5.74) is 12.7. The molecule has 1 unspecified atom stereocenters. The van der Waals surface area contributed by atoms with Crippen LogP contribution >= 0.6 is 0 Å². The Balaban J connectivity index is 1.92. The van der Waals surface area contributed by atoms with Gasteiger partial charge in [-0.25, -0.2) is 0 Å². The maximum atomic E-state index is 16.1. The van der Waals surface area contributed by atoms with Gasteiger partial charge in [0.15, 0.2) is 0 Å². The molecule has 0 heterocycles. The van der Waals surface area contributed by atoms with Gasteiger partial charge in [0.1, 0.15) is 0 Å². The Kier molecular flexibility index (Phi) is 7.19. The van der Waals surface area contributed by atoms with E-state index in [-0.39, 0.29) is 10.6 Å². The zero-order chi connectivity index (χ0) is 29.8. The van der Waals surface area contributed by atoms with E-state index in [1.54, 1.807) is 6.07 Å². The molecule has 0 amide bonds. The molecule has 5 aromatic rings. The van der Waals surface area contributed by atoms with E-state index in [1.807, 2.05) is 12.1 Å². The third-order valence-electron chi connectivity index (χ3n) is 9.27. The minimum absolute atomic E-state index is 0.0399. The number of halogens is 1. The molecule has 1 aliphatic rings. The number of rotatable bonds is 5. The normalized spacial score (nSPS) is 13.4. The molecule has 0 radical (unpaired) electrons. The van der Waals surface area contributed by atoms with Crippen LogP contribution in [0.4, 0.5) is 4.39 Å². The predicted molar refractivity (Wildman–Crippen MR) is 175 cm³/mol. The van der Waals surface area contributed by atoms with Crippen LogP contribution in [0, 0.1) is 58.7 Å². The fraction of sp³-hybridized carbons (Fsp3) is 0.205. The summed E-state index contributed by atoms with van der Waals surface area (Å²) in [5.74, 6) is -0.302. The van der Waals surface area contributed by atoms with Crippen molar-refractivity contribution in [3.8, 4) is 17.2 Å². The maximum absolute atomic E-state index is 16.1. The van der Waals surface area contributed by atoms with Crippen LogP contribution in [0.25, 0.3) is 11.1 Å². The first-order valence-electron chi connectivity index (χ1n) is 14.7. The average Bonchev–Trinajstić information content (AvgIpc) is 3.28. The van der Waals surface area contributed by atoms with Crippen LogP contribution in [0.1, 0.15) is 59.6 Å². The van der Waals surface area contributed by atoms with Crippen molar-refractivity contribution in [2.45, 2.75) is 51.0 Å². The summed E-state index contributed by atoms with van der Waals surface area (Å²) in [6.45, 7) is 13.1. The predicted octanol–water partition coefficient (Wildman–Crippen LogP) is 8.44. The Labute approximate surface area is 252 Å². The number of nitrogens with zero attached hydrogens (tertiary/aromatic N) is 1. The molecule has 6 rings (SSSR count). The Hall–Kier alpha value is -3.94. The summed E-state index contributed by atoms with van der Waals surface area (Å²) in [4.78, 5) is 0. The molecule has 5 aromatic carbocycles. The van der Waals surface area contributed by atoms with Crippen LogP contribution < -0.4 is 8.79 Å². The van der Waals surface area contributed by atoms with E-state index in [9.17, 15) is 5.26 Å². The van der Waals surface area contributed by atoms with Gasteiger partial charge in [0.25, 0.3) is 0 Å². The van der Waals surface area contributed by atoms with E-state index >= 15 is 4.39 Å². The van der Waals surface area contributed by atoms with Gasteiger partial charge < -0.3 is 0 Å². The zero-order valence-electron chi connectivity index (χ0n) is 25.2. The third kappa shape index (κ3) is 4.17. The van der Waals surface area contributed by atoms with Crippen LogP contribution in [0.15, 0.2) is 97.1 Å². The summed E-state index contributed by atoms with van der Waals surface area (Å²) in [6, 6.07) is 36.3. The molecule has 1 atom stereocenters. The van der Waals surface area contributed by atoms with Crippen LogP contribution in [-0.2, 0) is 0 Å². The molecule has 0 bridgehead atoms. The van der Waals surface area contributed by atoms with Gasteiger partial charge in [-0.15, -0.1) is 0 Å². The summed E-state index contributed by atoms with van der Waals surface area (Å²) in [6.07, 6.45) is 0. The van der Waals surface area contributed by atoms with Crippen molar-refractivity contribution in [1.82, 2.24) is 0 Å². The number of hydrogen-bond donors (Lipinski definition) is 0. The molecule has 0 saturated carbocycles. The summed E-state index contributed by atoms with van der Waals surface area (Å²) < 4.78 is 18.0.